The maximum atomic E-state index is 6.47. The maximum Gasteiger partial charge on any atom is 0.496 e. The molecule has 5 aromatic carbocycles. The highest BCUT2D eigenvalue weighted by molar-refractivity contribution is 7.27. The minimum absolute atomic E-state index is 0.382. The van der Waals surface area contributed by atoms with Gasteiger partial charge in [0.05, 0.1) is 11.2 Å². The van der Waals surface area contributed by atoms with Crippen LogP contribution in [0.4, 0.5) is 0 Å². The van der Waals surface area contributed by atoms with Gasteiger partial charge in [-0.05, 0) is 67.6 Å². The number of thiophene rings is 1. The minimum Gasteiger partial charge on any atom is -0.456 e. The maximum absolute atomic E-state index is 6.47. The van der Waals surface area contributed by atoms with Gasteiger partial charge >= 0.3 is 7.12 Å². The van der Waals surface area contributed by atoms with Crippen molar-refractivity contribution in [1.82, 2.24) is 0 Å². The third kappa shape index (κ3) is 3.30. The van der Waals surface area contributed by atoms with Gasteiger partial charge in [-0.3, -0.25) is 0 Å². The Labute approximate surface area is 231 Å². The Morgan fingerprint density at radius 1 is 0.564 bits per heavy atom. The second-order valence-corrected chi connectivity index (χ2v) is 12.6. The van der Waals surface area contributed by atoms with Gasteiger partial charge in [0.15, 0.2) is 0 Å². The molecule has 3 heterocycles. The topological polar surface area (TPSA) is 31.6 Å². The molecule has 0 amide bonds. The Bertz CT molecular complexity index is 2080. The van der Waals surface area contributed by atoms with Crippen molar-refractivity contribution in [3.05, 3.63) is 91.0 Å². The lowest BCUT2D eigenvalue weighted by molar-refractivity contribution is 0.00578. The fraction of sp³-hybridized carbons (Fsp3) is 0.176. The van der Waals surface area contributed by atoms with E-state index < -0.39 is 7.12 Å². The molecule has 39 heavy (non-hydrogen) atoms. The average Bonchev–Trinajstić information content (AvgIpc) is 3.55. The van der Waals surface area contributed by atoms with Crippen molar-refractivity contribution in [2.75, 3.05) is 0 Å². The van der Waals surface area contributed by atoms with Crippen LogP contribution in [0.15, 0.2) is 95.4 Å². The Balaban J connectivity index is 1.35. The summed E-state index contributed by atoms with van der Waals surface area (Å²) in [5, 5.41) is 7.21. The Hall–Kier alpha value is -3.64. The van der Waals surface area contributed by atoms with Crippen molar-refractivity contribution in [1.29, 1.82) is 0 Å². The Kier molecular flexibility index (Phi) is 4.74. The lowest BCUT2D eigenvalue weighted by Gasteiger charge is -2.32. The van der Waals surface area contributed by atoms with E-state index in [4.69, 9.17) is 13.7 Å². The van der Waals surface area contributed by atoms with Gasteiger partial charge in [-0.15, -0.1) is 11.3 Å². The van der Waals surface area contributed by atoms with Gasteiger partial charge in [0, 0.05) is 36.6 Å². The highest BCUT2D eigenvalue weighted by atomic mass is 32.1. The fourth-order valence-corrected chi connectivity index (χ4v) is 7.29. The average molecular weight is 526 g/mol. The van der Waals surface area contributed by atoms with Gasteiger partial charge in [-0.25, -0.2) is 0 Å². The first kappa shape index (κ1) is 23.3. The molecule has 1 aliphatic heterocycles. The summed E-state index contributed by atoms with van der Waals surface area (Å²) in [6, 6.07) is 32.4. The first-order chi connectivity index (χ1) is 18.8. The van der Waals surface area contributed by atoms with Gasteiger partial charge in [-0.1, -0.05) is 72.8 Å². The van der Waals surface area contributed by atoms with E-state index in [0.29, 0.717) is 0 Å². The number of benzene rings is 5. The van der Waals surface area contributed by atoms with Crippen LogP contribution in [0, 0.1) is 0 Å². The van der Waals surface area contributed by atoms with Gasteiger partial charge < -0.3 is 13.7 Å². The van der Waals surface area contributed by atoms with Crippen LogP contribution >= 0.6 is 11.3 Å². The first-order valence-corrected chi connectivity index (χ1v) is 14.3. The van der Waals surface area contributed by atoms with Crippen molar-refractivity contribution in [3.8, 4) is 11.1 Å². The predicted octanol–water partition coefficient (Wildman–Crippen LogP) is 9.07. The van der Waals surface area contributed by atoms with E-state index in [1.807, 2.05) is 23.5 Å². The van der Waals surface area contributed by atoms with Crippen molar-refractivity contribution in [2.24, 2.45) is 0 Å². The normalized spacial score (nSPS) is 16.9. The highest BCUT2D eigenvalue weighted by Crippen LogP contribution is 2.44. The lowest BCUT2D eigenvalue weighted by atomic mass is 9.78. The number of fused-ring (bicyclic) bond motifs is 7. The van der Waals surface area contributed by atoms with Crippen LogP contribution in [0.1, 0.15) is 27.7 Å². The lowest BCUT2D eigenvalue weighted by Crippen LogP contribution is -2.41. The van der Waals surface area contributed by atoms with E-state index in [0.717, 1.165) is 27.4 Å². The number of hydrogen-bond donors (Lipinski definition) is 0. The molecule has 8 rings (SSSR count). The summed E-state index contributed by atoms with van der Waals surface area (Å²) in [6.07, 6.45) is 0. The number of para-hydroxylation sites is 1. The van der Waals surface area contributed by atoms with Gasteiger partial charge in [0.2, 0.25) is 0 Å². The van der Waals surface area contributed by atoms with E-state index in [1.165, 1.54) is 42.1 Å². The Morgan fingerprint density at radius 2 is 1.23 bits per heavy atom. The minimum atomic E-state index is -0.394. The van der Waals surface area contributed by atoms with Crippen LogP contribution in [0.25, 0.3) is 64.0 Å². The summed E-state index contributed by atoms with van der Waals surface area (Å²) in [7, 11) is -0.394. The van der Waals surface area contributed by atoms with Gasteiger partial charge in [-0.2, -0.15) is 0 Å². The SMILES string of the molecule is CC1(C)OB(c2cccc3c2sc2c(-c4cccc5cc6c(cc45)oc4ccccc46)cccc23)OC1(C)C. The summed E-state index contributed by atoms with van der Waals surface area (Å²) >= 11 is 1.83. The van der Waals surface area contributed by atoms with Crippen LogP contribution in [0.3, 0.4) is 0 Å². The quantitative estimate of drug-likeness (QED) is 0.211. The molecule has 0 atom stereocenters. The van der Waals surface area contributed by atoms with Crippen LogP contribution < -0.4 is 5.46 Å². The van der Waals surface area contributed by atoms with Crippen molar-refractivity contribution in [2.45, 2.75) is 38.9 Å². The largest absolute Gasteiger partial charge is 0.496 e. The number of furan rings is 1. The third-order valence-corrected chi connectivity index (χ3v) is 10.0. The second-order valence-electron chi connectivity index (χ2n) is 11.6. The molecule has 7 aromatic rings. The predicted molar refractivity (Wildman–Crippen MR) is 165 cm³/mol. The van der Waals surface area contributed by atoms with Crippen LogP contribution in [-0.2, 0) is 9.31 Å². The Morgan fingerprint density at radius 3 is 2.05 bits per heavy atom. The van der Waals surface area contributed by atoms with E-state index in [-0.39, 0.29) is 11.2 Å². The molecule has 0 saturated carbocycles. The summed E-state index contributed by atoms with van der Waals surface area (Å²) in [5.41, 5.74) is 4.62. The molecule has 2 aromatic heterocycles. The molecule has 0 aliphatic carbocycles. The molecule has 1 aliphatic rings. The van der Waals surface area contributed by atoms with Crippen LogP contribution in [-0.4, -0.2) is 18.3 Å². The van der Waals surface area contributed by atoms with Crippen LogP contribution in [0.2, 0.25) is 0 Å². The molecular formula is C34H27BO3S. The molecule has 5 heteroatoms. The van der Waals surface area contributed by atoms with Gasteiger partial charge in [0.25, 0.3) is 0 Å². The van der Waals surface area contributed by atoms with Crippen molar-refractivity contribution >= 4 is 76.8 Å². The molecular weight excluding hydrogens is 499 g/mol. The molecule has 0 bridgehead atoms. The molecule has 190 valence electrons. The summed E-state index contributed by atoms with van der Waals surface area (Å²) in [6.45, 7) is 8.43. The monoisotopic (exact) mass is 526 g/mol. The van der Waals surface area contributed by atoms with E-state index in [9.17, 15) is 0 Å². The summed E-state index contributed by atoms with van der Waals surface area (Å²) in [5.74, 6) is 0. The summed E-state index contributed by atoms with van der Waals surface area (Å²) < 4.78 is 21.7. The van der Waals surface area contributed by atoms with Gasteiger partial charge in [0.1, 0.15) is 11.2 Å². The second kappa shape index (κ2) is 7.95. The molecule has 0 unspecified atom stereocenters. The molecule has 3 nitrogen and oxygen atoms in total. The zero-order chi connectivity index (χ0) is 26.5. The molecule has 0 N–H and O–H groups in total. The zero-order valence-corrected chi connectivity index (χ0v) is 23.2. The number of hydrogen-bond acceptors (Lipinski definition) is 4. The van der Waals surface area contributed by atoms with Crippen LogP contribution in [0.5, 0.6) is 0 Å². The van der Waals surface area contributed by atoms with E-state index >= 15 is 0 Å². The third-order valence-electron chi connectivity index (χ3n) is 8.73. The smallest absolute Gasteiger partial charge is 0.456 e. The highest BCUT2D eigenvalue weighted by Gasteiger charge is 2.52. The summed E-state index contributed by atoms with van der Waals surface area (Å²) in [4.78, 5) is 0. The number of rotatable bonds is 2. The fourth-order valence-electron chi connectivity index (χ4n) is 5.94. The molecule has 0 spiro atoms. The zero-order valence-electron chi connectivity index (χ0n) is 22.4. The molecule has 0 radical (unpaired) electrons. The van der Waals surface area contributed by atoms with E-state index in [1.54, 1.807) is 0 Å². The van der Waals surface area contributed by atoms with Crippen molar-refractivity contribution < 1.29 is 13.7 Å². The first-order valence-electron chi connectivity index (χ1n) is 13.4. The standard InChI is InChI=1S/C34H27BO3S/c1-33(2)34(3,4)38-35(37-33)28-16-9-15-25-24-14-8-13-23(31(24)39-32(25)28)21-12-7-10-20-18-27-22-11-5-6-17-29(22)36-30(27)19-26(20)21/h5-19H,1-4H3. The molecule has 1 saturated heterocycles. The van der Waals surface area contributed by atoms with Crippen molar-refractivity contribution in [3.63, 3.8) is 0 Å². The molecule has 1 fully saturated rings. The van der Waals surface area contributed by atoms with E-state index in [2.05, 4.69) is 107 Å².